The molecule has 0 aromatic rings. The van der Waals surface area contributed by atoms with Crippen molar-refractivity contribution in [2.75, 3.05) is 13.2 Å². The number of hydrogen-bond donors (Lipinski definition) is 0. The van der Waals surface area contributed by atoms with E-state index in [0.29, 0.717) is 19.3 Å². The molecule has 6 heteroatoms. The Bertz CT molecular complexity index is 1800. The van der Waals surface area contributed by atoms with E-state index in [1.807, 2.05) is 0 Å². The molecule has 0 aromatic heterocycles. The minimum Gasteiger partial charge on any atom is -0.462 e. The molecule has 83 heavy (non-hydrogen) atoms. The standard InChI is InChI=1S/C77H126O6/c1-4-7-10-13-16-19-22-25-27-29-31-33-35-37-38-40-41-43-45-47-49-52-55-58-61-64-67-70-76(79)82-73-74(72-81-75(78)69-66-63-60-57-54-51-24-21-18-15-12-9-6-3)83-77(80)71-68-65-62-59-56-53-50-48-46-44-42-39-36-34-32-30-28-26-23-20-17-14-11-8-5-2/h7-12,16-21,25-28,31-34,37-38,51,54,74H,4-6,13-15,22-24,29-30,35-36,39-50,52-53,55-73H2,1-3H3/b10-7-,11-8-,12-9-,19-16-,20-17-,21-18-,27-25-,28-26-,33-31-,34-32-,38-37-,54-51-. The van der Waals surface area contributed by atoms with Crippen molar-refractivity contribution in [1.29, 1.82) is 0 Å². The number of esters is 3. The summed E-state index contributed by atoms with van der Waals surface area (Å²) in [5, 5.41) is 0. The van der Waals surface area contributed by atoms with Crippen LogP contribution >= 0.6 is 0 Å². The summed E-state index contributed by atoms with van der Waals surface area (Å²) in [6.07, 6.45) is 100. The van der Waals surface area contributed by atoms with Gasteiger partial charge in [-0.15, -0.1) is 0 Å². The number of hydrogen-bond acceptors (Lipinski definition) is 6. The number of ether oxygens (including phenoxy) is 3. The van der Waals surface area contributed by atoms with Gasteiger partial charge in [-0.2, -0.15) is 0 Å². The second-order valence-electron chi connectivity index (χ2n) is 22.3. The van der Waals surface area contributed by atoms with Crippen molar-refractivity contribution in [3.8, 4) is 0 Å². The summed E-state index contributed by atoms with van der Waals surface area (Å²) in [4.78, 5) is 38.4. The fourth-order valence-corrected chi connectivity index (χ4v) is 9.30. The maximum atomic E-state index is 13.0. The normalized spacial score (nSPS) is 13.0. The monoisotopic (exact) mass is 1150 g/mol. The summed E-state index contributed by atoms with van der Waals surface area (Å²) in [5.74, 6) is -0.923. The Hall–Kier alpha value is -4.71. The minimum atomic E-state index is -0.799. The molecule has 6 nitrogen and oxygen atoms in total. The SMILES string of the molecule is CC/C=C\C/C=C\C/C=C\C/C=C\C/C=C\CCCCCCCCCCCCCC(=O)OCC(COC(=O)CCCCC/C=C\C/C=C\C/C=C\CC)OC(=O)CCCCCCCCCCCCCC/C=C\C/C=C\C/C=C\C/C=C\CC. The molecular formula is C77H126O6. The van der Waals surface area contributed by atoms with Crippen molar-refractivity contribution in [3.05, 3.63) is 146 Å². The van der Waals surface area contributed by atoms with Crippen molar-refractivity contribution >= 4 is 17.9 Å². The van der Waals surface area contributed by atoms with E-state index in [1.165, 1.54) is 122 Å². The van der Waals surface area contributed by atoms with Gasteiger partial charge in [0.1, 0.15) is 13.2 Å². The van der Waals surface area contributed by atoms with Gasteiger partial charge in [-0.1, -0.05) is 295 Å². The van der Waals surface area contributed by atoms with Crippen LogP contribution in [-0.4, -0.2) is 37.2 Å². The van der Waals surface area contributed by atoms with Crippen LogP contribution in [0.1, 0.15) is 303 Å². The highest BCUT2D eigenvalue weighted by Crippen LogP contribution is 2.16. The lowest BCUT2D eigenvalue weighted by atomic mass is 10.0. The Kier molecular flexibility index (Phi) is 65.8. The predicted molar refractivity (Wildman–Crippen MR) is 362 cm³/mol. The lowest BCUT2D eigenvalue weighted by molar-refractivity contribution is -0.167. The van der Waals surface area contributed by atoms with Crippen molar-refractivity contribution < 1.29 is 28.6 Å². The topological polar surface area (TPSA) is 78.9 Å². The first-order valence-electron chi connectivity index (χ1n) is 34.3. The summed E-state index contributed by atoms with van der Waals surface area (Å²) in [6.45, 7) is 6.29. The summed E-state index contributed by atoms with van der Waals surface area (Å²) in [7, 11) is 0. The first-order chi connectivity index (χ1) is 41.0. The maximum absolute atomic E-state index is 13.0. The van der Waals surface area contributed by atoms with Gasteiger partial charge >= 0.3 is 17.9 Å². The molecule has 0 spiro atoms. The summed E-state index contributed by atoms with van der Waals surface area (Å²) >= 11 is 0. The number of rotatable bonds is 61. The van der Waals surface area contributed by atoms with Crippen LogP contribution < -0.4 is 0 Å². The fraction of sp³-hybridized carbons (Fsp3) is 0.649. The van der Waals surface area contributed by atoms with Crippen LogP contribution in [0.4, 0.5) is 0 Å². The van der Waals surface area contributed by atoms with Crippen molar-refractivity contribution in [3.63, 3.8) is 0 Å². The van der Waals surface area contributed by atoms with E-state index in [9.17, 15) is 14.4 Å². The molecule has 0 bridgehead atoms. The molecule has 0 saturated heterocycles. The lowest BCUT2D eigenvalue weighted by Crippen LogP contribution is -2.30. The minimum absolute atomic E-state index is 0.0930. The molecule has 0 rings (SSSR count). The molecule has 0 aromatic carbocycles. The Morgan fingerprint density at radius 1 is 0.241 bits per heavy atom. The smallest absolute Gasteiger partial charge is 0.306 e. The first kappa shape index (κ1) is 78.3. The zero-order valence-corrected chi connectivity index (χ0v) is 53.9. The molecule has 1 unspecified atom stereocenters. The highest BCUT2D eigenvalue weighted by molar-refractivity contribution is 5.71. The zero-order chi connectivity index (χ0) is 59.9. The van der Waals surface area contributed by atoms with E-state index < -0.39 is 6.10 Å². The van der Waals surface area contributed by atoms with Gasteiger partial charge in [0, 0.05) is 19.3 Å². The van der Waals surface area contributed by atoms with Crippen LogP contribution in [0.5, 0.6) is 0 Å². The summed E-state index contributed by atoms with van der Waals surface area (Å²) in [6, 6.07) is 0. The number of allylic oxidation sites excluding steroid dienone is 24. The van der Waals surface area contributed by atoms with Gasteiger partial charge in [0.15, 0.2) is 6.10 Å². The van der Waals surface area contributed by atoms with Crippen molar-refractivity contribution in [2.24, 2.45) is 0 Å². The van der Waals surface area contributed by atoms with Gasteiger partial charge in [0.2, 0.25) is 0 Å². The largest absolute Gasteiger partial charge is 0.462 e. The van der Waals surface area contributed by atoms with Crippen molar-refractivity contribution in [2.45, 2.75) is 309 Å². The molecule has 0 aliphatic heterocycles. The average molecular weight is 1150 g/mol. The van der Waals surface area contributed by atoms with Gasteiger partial charge in [-0.05, 0) is 135 Å². The zero-order valence-electron chi connectivity index (χ0n) is 53.9. The number of unbranched alkanes of at least 4 members (excludes halogenated alkanes) is 26. The van der Waals surface area contributed by atoms with Crippen LogP contribution in [0.3, 0.4) is 0 Å². The Balaban J connectivity index is 4.32. The Morgan fingerprint density at radius 2 is 0.434 bits per heavy atom. The van der Waals surface area contributed by atoms with E-state index in [0.717, 1.165) is 141 Å². The summed E-state index contributed by atoms with van der Waals surface area (Å²) < 4.78 is 16.9. The quantitative estimate of drug-likeness (QED) is 0.0261. The van der Waals surface area contributed by atoms with E-state index >= 15 is 0 Å². The third-order valence-corrected chi connectivity index (χ3v) is 14.3. The van der Waals surface area contributed by atoms with Crippen molar-refractivity contribution in [1.82, 2.24) is 0 Å². The predicted octanol–water partition coefficient (Wildman–Crippen LogP) is 23.9. The van der Waals surface area contributed by atoms with Crippen LogP contribution in [0.15, 0.2) is 146 Å². The van der Waals surface area contributed by atoms with E-state index in [4.69, 9.17) is 14.2 Å². The Morgan fingerprint density at radius 3 is 0.687 bits per heavy atom. The Labute approximate surface area is 512 Å². The molecule has 0 N–H and O–H groups in total. The van der Waals surface area contributed by atoms with E-state index in [-0.39, 0.29) is 31.1 Å². The molecule has 0 aliphatic carbocycles. The first-order valence-corrected chi connectivity index (χ1v) is 34.3. The van der Waals surface area contributed by atoms with Crippen LogP contribution in [-0.2, 0) is 28.6 Å². The summed E-state index contributed by atoms with van der Waals surface area (Å²) in [5.41, 5.74) is 0. The molecule has 0 aliphatic rings. The average Bonchev–Trinajstić information content (AvgIpc) is 3.49. The van der Waals surface area contributed by atoms with Gasteiger partial charge in [0.05, 0.1) is 0 Å². The molecular weight excluding hydrogens is 1020 g/mol. The molecule has 1 atom stereocenters. The van der Waals surface area contributed by atoms with E-state index in [2.05, 4.69) is 167 Å². The van der Waals surface area contributed by atoms with Gasteiger partial charge in [-0.25, -0.2) is 0 Å². The van der Waals surface area contributed by atoms with Gasteiger partial charge in [0.25, 0.3) is 0 Å². The highest BCUT2D eigenvalue weighted by Gasteiger charge is 2.19. The maximum Gasteiger partial charge on any atom is 0.306 e. The van der Waals surface area contributed by atoms with Crippen LogP contribution in [0.25, 0.3) is 0 Å². The molecule has 470 valence electrons. The third kappa shape index (κ3) is 68.0. The number of carbonyl (C=O) groups excluding carboxylic acids is 3. The molecule has 0 saturated carbocycles. The van der Waals surface area contributed by atoms with E-state index in [1.54, 1.807) is 0 Å². The fourth-order valence-electron chi connectivity index (χ4n) is 9.30. The van der Waals surface area contributed by atoms with Crippen LogP contribution in [0, 0.1) is 0 Å². The lowest BCUT2D eigenvalue weighted by Gasteiger charge is -2.18. The second-order valence-corrected chi connectivity index (χ2v) is 22.3. The van der Waals surface area contributed by atoms with Gasteiger partial charge in [-0.3, -0.25) is 14.4 Å². The highest BCUT2D eigenvalue weighted by atomic mass is 16.6. The second kappa shape index (κ2) is 69.8. The molecule has 0 amide bonds. The third-order valence-electron chi connectivity index (χ3n) is 14.3. The van der Waals surface area contributed by atoms with Gasteiger partial charge < -0.3 is 14.2 Å². The molecule has 0 radical (unpaired) electrons. The number of carbonyl (C=O) groups is 3. The van der Waals surface area contributed by atoms with Crippen LogP contribution in [0.2, 0.25) is 0 Å². The molecule has 0 fully saturated rings. The molecule has 0 heterocycles.